The molecule has 2 aliphatic rings. The number of benzene rings is 1. The van der Waals surface area contributed by atoms with Crippen molar-refractivity contribution in [3.63, 3.8) is 0 Å². The maximum atomic E-state index is 10.9. The molecule has 2 nitrogen and oxygen atoms in total. The van der Waals surface area contributed by atoms with Crippen LogP contribution >= 0.6 is 23.2 Å². The van der Waals surface area contributed by atoms with E-state index in [9.17, 15) is 5.11 Å². The molecule has 4 heteroatoms. The summed E-state index contributed by atoms with van der Waals surface area (Å²) in [6, 6.07) is 5.83. The highest BCUT2D eigenvalue weighted by Crippen LogP contribution is 2.39. The minimum absolute atomic E-state index is 0.309. The van der Waals surface area contributed by atoms with E-state index in [1.807, 2.05) is 12.1 Å². The lowest BCUT2D eigenvalue weighted by Gasteiger charge is -2.30. The molecule has 2 heterocycles. The molecule has 2 fully saturated rings. The lowest BCUT2D eigenvalue weighted by Crippen LogP contribution is -2.43. The van der Waals surface area contributed by atoms with E-state index in [1.165, 1.54) is 6.42 Å². The highest BCUT2D eigenvalue weighted by Gasteiger charge is 2.47. The van der Waals surface area contributed by atoms with Crippen molar-refractivity contribution in [2.75, 3.05) is 13.1 Å². The lowest BCUT2D eigenvalue weighted by atomic mass is 9.86. The van der Waals surface area contributed by atoms with Crippen molar-refractivity contribution in [1.29, 1.82) is 0 Å². The van der Waals surface area contributed by atoms with Gasteiger partial charge in [-0.3, -0.25) is 4.90 Å². The van der Waals surface area contributed by atoms with E-state index in [-0.39, 0.29) is 0 Å². The number of fused-ring (bicyclic) bond motifs is 1. The summed E-state index contributed by atoms with van der Waals surface area (Å²) in [5.41, 5.74) is 0.380. The Balaban J connectivity index is 1.83. The molecule has 0 radical (unpaired) electrons. The first kappa shape index (κ1) is 12.7. The Morgan fingerprint density at radius 2 is 2.17 bits per heavy atom. The van der Waals surface area contributed by atoms with Gasteiger partial charge in [-0.15, -0.1) is 0 Å². The average Bonchev–Trinajstić information content (AvgIpc) is 2.88. The van der Waals surface area contributed by atoms with E-state index >= 15 is 0 Å². The van der Waals surface area contributed by atoms with E-state index in [0.29, 0.717) is 22.5 Å². The van der Waals surface area contributed by atoms with Crippen molar-refractivity contribution in [3.8, 4) is 0 Å². The van der Waals surface area contributed by atoms with Crippen LogP contribution in [0.3, 0.4) is 0 Å². The summed E-state index contributed by atoms with van der Waals surface area (Å²) in [7, 11) is 0. The molecule has 0 amide bonds. The topological polar surface area (TPSA) is 23.5 Å². The van der Waals surface area contributed by atoms with Crippen molar-refractivity contribution in [2.24, 2.45) is 0 Å². The normalized spacial score (nSPS) is 31.8. The third-order valence-electron chi connectivity index (χ3n) is 4.33. The molecule has 2 unspecified atom stereocenters. The molecular weight excluding hydrogens is 269 g/mol. The molecule has 0 spiro atoms. The number of nitrogens with zero attached hydrogens (tertiary/aromatic N) is 1. The van der Waals surface area contributed by atoms with Crippen LogP contribution in [-0.2, 0) is 6.42 Å². The standard InChI is InChI=1S/C14H17Cl2NO/c15-11-4-3-10(12(16)8-11)9-14(18)5-7-17-6-1-2-13(14)17/h3-4,8,13,18H,1-2,5-7,9H2. The summed E-state index contributed by atoms with van der Waals surface area (Å²) >= 11 is 12.1. The zero-order chi connectivity index (χ0) is 12.8. The molecular formula is C14H17Cl2NO. The first-order valence-corrected chi connectivity index (χ1v) is 7.24. The minimum Gasteiger partial charge on any atom is -0.388 e. The van der Waals surface area contributed by atoms with E-state index in [0.717, 1.165) is 31.5 Å². The Hall–Kier alpha value is -0.280. The molecule has 2 atom stereocenters. The first-order chi connectivity index (χ1) is 8.58. The zero-order valence-electron chi connectivity index (χ0n) is 10.2. The van der Waals surface area contributed by atoms with Gasteiger partial charge in [0.25, 0.3) is 0 Å². The van der Waals surface area contributed by atoms with Crippen LogP contribution in [0.2, 0.25) is 10.0 Å². The van der Waals surface area contributed by atoms with Gasteiger partial charge in [-0.2, -0.15) is 0 Å². The summed E-state index contributed by atoms with van der Waals surface area (Å²) < 4.78 is 0. The predicted molar refractivity (Wildman–Crippen MR) is 74.3 cm³/mol. The van der Waals surface area contributed by atoms with Gasteiger partial charge in [-0.25, -0.2) is 0 Å². The molecule has 2 aliphatic heterocycles. The van der Waals surface area contributed by atoms with Crippen molar-refractivity contribution < 1.29 is 5.11 Å². The van der Waals surface area contributed by atoms with Crippen LogP contribution in [0.15, 0.2) is 18.2 Å². The largest absolute Gasteiger partial charge is 0.388 e. The maximum absolute atomic E-state index is 10.9. The fourth-order valence-corrected chi connectivity index (χ4v) is 3.88. The van der Waals surface area contributed by atoms with Gasteiger partial charge < -0.3 is 5.11 Å². The summed E-state index contributed by atoms with van der Waals surface area (Å²) in [6.45, 7) is 2.13. The number of hydrogen-bond donors (Lipinski definition) is 1. The summed E-state index contributed by atoms with van der Waals surface area (Å²) in [5.74, 6) is 0. The number of halogens is 2. The van der Waals surface area contributed by atoms with Crippen LogP contribution in [0, 0.1) is 0 Å². The summed E-state index contributed by atoms with van der Waals surface area (Å²) in [6.07, 6.45) is 3.77. The Morgan fingerprint density at radius 3 is 2.94 bits per heavy atom. The summed E-state index contributed by atoms with van der Waals surface area (Å²) in [5, 5.41) is 12.2. The SMILES string of the molecule is OC1(Cc2ccc(Cl)cc2Cl)CCN2CCCC21. The maximum Gasteiger partial charge on any atom is 0.0855 e. The van der Waals surface area contributed by atoms with Crippen LogP contribution in [0.1, 0.15) is 24.8 Å². The quantitative estimate of drug-likeness (QED) is 0.903. The highest BCUT2D eigenvalue weighted by atomic mass is 35.5. The molecule has 0 aliphatic carbocycles. The van der Waals surface area contributed by atoms with Crippen LogP contribution in [0.4, 0.5) is 0 Å². The number of aliphatic hydroxyl groups is 1. The Kier molecular flexibility index (Phi) is 3.31. The lowest BCUT2D eigenvalue weighted by molar-refractivity contribution is 0.0141. The number of rotatable bonds is 2. The van der Waals surface area contributed by atoms with Crippen LogP contribution in [0.5, 0.6) is 0 Å². The fourth-order valence-electron chi connectivity index (χ4n) is 3.41. The number of hydrogen-bond acceptors (Lipinski definition) is 2. The minimum atomic E-state index is -0.617. The van der Waals surface area contributed by atoms with Crippen molar-refractivity contribution in [2.45, 2.75) is 37.3 Å². The molecule has 98 valence electrons. The molecule has 2 saturated heterocycles. The third-order valence-corrected chi connectivity index (χ3v) is 4.91. The van der Waals surface area contributed by atoms with Gasteiger partial charge in [0, 0.05) is 29.1 Å². The third kappa shape index (κ3) is 2.16. The Labute approximate surface area is 117 Å². The second kappa shape index (κ2) is 4.68. The molecule has 0 aromatic heterocycles. The molecule has 1 aromatic rings. The molecule has 3 rings (SSSR count). The van der Waals surface area contributed by atoms with Crippen LogP contribution in [0.25, 0.3) is 0 Å². The fraction of sp³-hybridized carbons (Fsp3) is 0.571. The Bertz CT molecular complexity index is 465. The molecule has 0 bridgehead atoms. The van der Waals surface area contributed by atoms with Gasteiger partial charge >= 0.3 is 0 Å². The first-order valence-electron chi connectivity index (χ1n) is 6.49. The van der Waals surface area contributed by atoms with E-state index < -0.39 is 5.60 Å². The van der Waals surface area contributed by atoms with Crippen molar-refractivity contribution in [3.05, 3.63) is 33.8 Å². The van der Waals surface area contributed by atoms with E-state index in [4.69, 9.17) is 23.2 Å². The van der Waals surface area contributed by atoms with Crippen LogP contribution < -0.4 is 0 Å². The molecule has 0 saturated carbocycles. The van der Waals surface area contributed by atoms with Gasteiger partial charge in [0.05, 0.1) is 5.60 Å². The van der Waals surface area contributed by atoms with E-state index in [2.05, 4.69) is 4.90 Å². The van der Waals surface area contributed by atoms with Crippen molar-refractivity contribution in [1.82, 2.24) is 4.90 Å². The molecule has 1 aromatic carbocycles. The second-order valence-corrected chi connectivity index (χ2v) is 6.30. The van der Waals surface area contributed by atoms with Crippen molar-refractivity contribution >= 4 is 23.2 Å². The average molecular weight is 286 g/mol. The molecule has 1 N–H and O–H groups in total. The van der Waals surface area contributed by atoms with Gasteiger partial charge in [0.2, 0.25) is 0 Å². The van der Waals surface area contributed by atoms with Gasteiger partial charge in [-0.05, 0) is 43.5 Å². The van der Waals surface area contributed by atoms with E-state index in [1.54, 1.807) is 6.07 Å². The van der Waals surface area contributed by atoms with Gasteiger partial charge in [0.15, 0.2) is 0 Å². The smallest absolute Gasteiger partial charge is 0.0855 e. The monoisotopic (exact) mass is 285 g/mol. The Morgan fingerprint density at radius 1 is 1.33 bits per heavy atom. The zero-order valence-corrected chi connectivity index (χ0v) is 11.7. The highest BCUT2D eigenvalue weighted by molar-refractivity contribution is 6.35. The van der Waals surface area contributed by atoms with Crippen LogP contribution in [-0.4, -0.2) is 34.7 Å². The second-order valence-electron chi connectivity index (χ2n) is 5.46. The van der Waals surface area contributed by atoms with Gasteiger partial charge in [-0.1, -0.05) is 29.3 Å². The predicted octanol–water partition coefficient (Wildman–Crippen LogP) is 3.14. The summed E-state index contributed by atoms with van der Waals surface area (Å²) in [4.78, 5) is 2.41. The molecule has 18 heavy (non-hydrogen) atoms. The van der Waals surface area contributed by atoms with Gasteiger partial charge in [0.1, 0.15) is 0 Å².